The third-order valence-electron chi connectivity index (χ3n) is 2.04. The summed E-state index contributed by atoms with van der Waals surface area (Å²) in [5.41, 5.74) is -0.206. The minimum Gasteiger partial charge on any atom is -0.466 e. The van der Waals surface area contributed by atoms with Crippen LogP contribution in [0.3, 0.4) is 0 Å². The van der Waals surface area contributed by atoms with E-state index in [1.165, 1.54) is 0 Å². The van der Waals surface area contributed by atoms with Gasteiger partial charge in [0.25, 0.3) is 0 Å². The quantitative estimate of drug-likeness (QED) is 0.633. The number of rotatable bonds is 3. The van der Waals surface area contributed by atoms with Gasteiger partial charge in [0.2, 0.25) is 0 Å². The molecule has 0 amide bonds. The number of aliphatic hydroxyl groups excluding tert-OH is 1. The van der Waals surface area contributed by atoms with Crippen LogP contribution in [0.15, 0.2) is 30.4 Å². The second-order valence-corrected chi connectivity index (χ2v) is 3.09. The van der Waals surface area contributed by atoms with Gasteiger partial charge in [-0.15, -0.1) is 0 Å². The molecule has 0 aromatic heterocycles. The Kier molecular flexibility index (Phi) is 3.73. The molecule has 5 heteroatoms. The zero-order chi connectivity index (χ0) is 12.3. The monoisotopic (exact) mass is 228 g/mol. The van der Waals surface area contributed by atoms with Crippen LogP contribution in [0.4, 0.5) is 8.78 Å². The van der Waals surface area contributed by atoms with E-state index in [9.17, 15) is 18.7 Å². The van der Waals surface area contributed by atoms with E-state index in [2.05, 4.69) is 11.3 Å². The number of carbonyl (C=O) groups excluding carboxylic acids is 1. The Hall–Kier alpha value is -1.75. The number of esters is 1. The van der Waals surface area contributed by atoms with Crippen LogP contribution in [-0.4, -0.2) is 18.2 Å². The van der Waals surface area contributed by atoms with Gasteiger partial charge in [-0.3, -0.25) is 0 Å². The number of hydrogen-bond acceptors (Lipinski definition) is 3. The van der Waals surface area contributed by atoms with Crippen molar-refractivity contribution in [2.75, 3.05) is 7.11 Å². The van der Waals surface area contributed by atoms with Crippen LogP contribution in [0.5, 0.6) is 0 Å². The number of methoxy groups -OCH3 is 1. The maximum Gasteiger partial charge on any atom is 0.336 e. The molecule has 0 radical (unpaired) electrons. The van der Waals surface area contributed by atoms with Crippen LogP contribution in [0.25, 0.3) is 0 Å². The van der Waals surface area contributed by atoms with Crippen molar-refractivity contribution in [3.05, 3.63) is 47.5 Å². The van der Waals surface area contributed by atoms with Gasteiger partial charge in [0, 0.05) is 0 Å². The molecular formula is C11H10F2O3. The molecule has 0 saturated carbocycles. The fraction of sp³-hybridized carbons (Fsp3) is 0.182. The van der Waals surface area contributed by atoms with Crippen LogP contribution < -0.4 is 0 Å². The molecule has 0 spiro atoms. The van der Waals surface area contributed by atoms with E-state index in [1.54, 1.807) is 0 Å². The summed E-state index contributed by atoms with van der Waals surface area (Å²) in [5, 5.41) is 9.62. The fourth-order valence-electron chi connectivity index (χ4n) is 1.13. The summed E-state index contributed by atoms with van der Waals surface area (Å²) in [5.74, 6) is -2.94. The third kappa shape index (κ3) is 2.43. The minimum atomic E-state index is -1.41. The molecule has 1 atom stereocenters. The van der Waals surface area contributed by atoms with Crippen molar-refractivity contribution in [2.24, 2.45) is 0 Å². The number of benzene rings is 1. The molecule has 1 aromatic carbocycles. The fourth-order valence-corrected chi connectivity index (χ4v) is 1.13. The molecule has 1 rings (SSSR count). The van der Waals surface area contributed by atoms with Gasteiger partial charge in [-0.1, -0.05) is 12.6 Å². The van der Waals surface area contributed by atoms with Gasteiger partial charge < -0.3 is 9.84 Å². The highest BCUT2D eigenvalue weighted by Gasteiger charge is 2.19. The van der Waals surface area contributed by atoms with Gasteiger partial charge in [0.05, 0.1) is 12.7 Å². The number of carbonyl (C=O) groups is 1. The highest BCUT2D eigenvalue weighted by atomic mass is 19.2. The summed E-state index contributed by atoms with van der Waals surface area (Å²) in [6, 6.07) is 2.82. The Bertz CT molecular complexity index is 429. The van der Waals surface area contributed by atoms with E-state index in [-0.39, 0.29) is 11.1 Å². The van der Waals surface area contributed by atoms with E-state index in [1.807, 2.05) is 0 Å². The smallest absolute Gasteiger partial charge is 0.336 e. The molecule has 0 aliphatic heterocycles. The third-order valence-corrected chi connectivity index (χ3v) is 2.04. The minimum absolute atomic E-state index is 0.0364. The lowest BCUT2D eigenvalue weighted by Crippen LogP contribution is -2.12. The molecule has 0 bridgehead atoms. The Balaban J connectivity index is 2.96. The van der Waals surface area contributed by atoms with Crippen LogP contribution in [0.1, 0.15) is 11.7 Å². The molecule has 0 unspecified atom stereocenters. The van der Waals surface area contributed by atoms with Crippen molar-refractivity contribution in [3.63, 3.8) is 0 Å². The Morgan fingerprint density at radius 3 is 2.56 bits per heavy atom. The lowest BCUT2D eigenvalue weighted by molar-refractivity contribution is -0.137. The molecule has 86 valence electrons. The molecule has 16 heavy (non-hydrogen) atoms. The zero-order valence-corrected chi connectivity index (χ0v) is 8.54. The van der Waals surface area contributed by atoms with Crippen molar-refractivity contribution in [3.8, 4) is 0 Å². The van der Waals surface area contributed by atoms with Crippen molar-refractivity contribution in [2.45, 2.75) is 6.10 Å². The lowest BCUT2D eigenvalue weighted by atomic mass is 10.0. The number of ether oxygens (including phenoxy) is 1. The SMILES string of the molecule is C=C(C(=O)OC)[C@@H](O)c1ccc(F)c(F)c1. The zero-order valence-electron chi connectivity index (χ0n) is 8.54. The van der Waals surface area contributed by atoms with Gasteiger partial charge in [0.1, 0.15) is 6.10 Å². The van der Waals surface area contributed by atoms with Crippen LogP contribution in [-0.2, 0) is 9.53 Å². The molecule has 3 nitrogen and oxygen atoms in total. The molecule has 1 aromatic rings. The first-order valence-electron chi connectivity index (χ1n) is 4.37. The summed E-state index contributed by atoms with van der Waals surface area (Å²) >= 11 is 0. The number of aliphatic hydroxyl groups is 1. The summed E-state index contributed by atoms with van der Waals surface area (Å²) in [4.78, 5) is 11.0. The number of hydrogen-bond donors (Lipinski definition) is 1. The van der Waals surface area contributed by atoms with Gasteiger partial charge in [-0.05, 0) is 17.7 Å². The van der Waals surface area contributed by atoms with Crippen LogP contribution in [0, 0.1) is 11.6 Å². The molecular weight excluding hydrogens is 218 g/mol. The topological polar surface area (TPSA) is 46.5 Å². The van der Waals surface area contributed by atoms with E-state index in [0.29, 0.717) is 0 Å². The van der Waals surface area contributed by atoms with Crippen molar-refractivity contribution in [1.82, 2.24) is 0 Å². The summed E-state index contributed by atoms with van der Waals surface area (Å²) < 4.78 is 29.8. The van der Waals surface area contributed by atoms with Gasteiger partial charge in [0.15, 0.2) is 11.6 Å². The Morgan fingerprint density at radius 2 is 2.06 bits per heavy atom. The molecule has 0 saturated heterocycles. The van der Waals surface area contributed by atoms with Crippen molar-refractivity contribution in [1.29, 1.82) is 0 Å². The molecule has 0 heterocycles. The highest BCUT2D eigenvalue weighted by molar-refractivity contribution is 5.88. The molecule has 1 N–H and O–H groups in total. The first-order valence-corrected chi connectivity index (χ1v) is 4.37. The second kappa shape index (κ2) is 4.85. The van der Waals surface area contributed by atoms with Crippen molar-refractivity contribution >= 4 is 5.97 Å². The maximum absolute atomic E-state index is 12.9. The van der Waals surface area contributed by atoms with Gasteiger partial charge in [-0.25, -0.2) is 13.6 Å². The molecule has 0 aliphatic carbocycles. The van der Waals surface area contributed by atoms with Crippen LogP contribution >= 0.6 is 0 Å². The van der Waals surface area contributed by atoms with E-state index >= 15 is 0 Å². The van der Waals surface area contributed by atoms with Crippen LogP contribution in [0.2, 0.25) is 0 Å². The van der Waals surface area contributed by atoms with Crippen molar-refractivity contribution < 1.29 is 23.4 Å². The predicted octanol–water partition coefficient (Wildman–Crippen LogP) is 1.73. The highest BCUT2D eigenvalue weighted by Crippen LogP contribution is 2.22. The first kappa shape index (κ1) is 12.3. The normalized spacial score (nSPS) is 12.0. The molecule has 0 aliphatic rings. The lowest BCUT2D eigenvalue weighted by Gasteiger charge is -2.12. The Morgan fingerprint density at radius 1 is 1.44 bits per heavy atom. The Labute approximate surface area is 91.0 Å². The average Bonchev–Trinajstić information content (AvgIpc) is 2.29. The van der Waals surface area contributed by atoms with E-state index in [4.69, 9.17) is 0 Å². The summed E-state index contributed by atoms with van der Waals surface area (Å²) in [7, 11) is 1.13. The summed E-state index contributed by atoms with van der Waals surface area (Å²) in [6.07, 6.45) is -1.41. The second-order valence-electron chi connectivity index (χ2n) is 3.09. The van der Waals surface area contributed by atoms with Gasteiger partial charge in [-0.2, -0.15) is 0 Å². The van der Waals surface area contributed by atoms with E-state index < -0.39 is 23.7 Å². The molecule has 0 fully saturated rings. The first-order chi connectivity index (χ1) is 7.47. The van der Waals surface area contributed by atoms with E-state index in [0.717, 1.165) is 25.3 Å². The predicted molar refractivity (Wildman–Crippen MR) is 52.5 cm³/mol. The number of halogens is 2. The van der Waals surface area contributed by atoms with Gasteiger partial charge >= 0.3 is 5.97 Å². The largest absolute Gasteiger partial charge is 0.466 e. The maximum atomic E-state index is 12.9. The average molecular weight is 228 g/mol. The standard InChI is InChI=1S/C11H10F2O3/c1-6(11(15)16-2)10(14)7-3-4-8(12)9(13)5-7/h3-5,10,14H,1H2,2H3/t10-/m1/s1. The summed E-state index contributed by atoms with van der Waals surface area (Å²) in [6.45, 7) is 3.31.